The van der Waals surface area contributed by atoms with Gasteiger partial charge in [0.05, 0.1) is 0 Å². The van der Waals surface area contributed by atoms with Crippen molar-refractivity contribution in [3.05, 3.63) is 0 Å². The summed E-state index contributed by atoms with van der Waals surface area (Å²) in [6.45, 7) is 7.83. The smallest absolute Gasteiger partial charge is 0.231 e. The number of aromatic nitrogens is 3. The molecule has 0 bridgehead atoms. The molecule has 1 aromatic heterocycles. The van der Waals surface area contributed by atoms with Crippen LogP contribution in [0.2, 0.25) is 0 Å². The predicted molar refractivity (Wildman–Crippen MR) is 86.7 cm³/mol. The minimum Gasteiger partial charge on any atom is -0.368 e. The maximum atomic E-state index is 5.87. The Bertz CT molecular complexity index is 451. The average Bonchev–Trinajstić information content (AvgIpc) is 2.48. The van der Waals surface area contributed by atoms with Crippen molar-refractivity contribution >= 4 is 17.8 Å². The number of piperidine rings is 1. The molecule has 0 aromatic carbocycles. The number of hydrogen-bond acceptors (Lipinski definition) is 7. The lowest BCUT2D eigenvalue weighted by molar-refractivity contribution is 0.249. The summed E-state index contributed by atoms with van der Waals surface area (Å²) in [7, 11) is 4.28. The van der Waals surface area contributed by atoms with Crippen molar-refractivity contribution in [2.45, 2.75) is 32.7 Å². The Balaban J connectivity index is 2.13. The van der Waals surface area contributed by atoms with Crippen molar-refractivity contribution in [1.82, 2.24) is 19.9 Å². The van der Waals surface area contributed by atoms with E-state index in [4.69, 9.17) is 5.73 Å². The highest BCUT2D eigenvalue weighted by atomic mass is 15.4. The number of rotatable bonds is 5. The Morgan fingerprint density at radius 1 is 1.10 bits per heavy atom. The molecule has 2 rings (SSSR count). The van der Waals surface area contributed by atoms with Gasteiger partial charge in [0.2, 0.25) is 17.8 Å². The first-order valence-electron chi connectivity index (χ1n) is 7.73. The Morgan fingerprint density at radius 2 is 1.71 bits per heavy atom. The van der Waals surface area contributed by atoms with E-state index in [1.165, 1.54) is 0 Å². The predicted octanol–water partition coefficient (Wildman–Crippen LogP) is 0.830. The standard InChI is InChI=1S/C14H27N7/c1-5-20(6-2)13-16-12(15)17-14(18-13)21-9-7-11(8-10-21)19(3)4/h11H,5-10H2,1-4H3,(H2,15,16,17,18). The molecule has 1 fully saturated rings. The fourth-order valence-corrected chi connectivity index (χ4v) is 2.74. The summed E-state index contributed by atoms with van der Waals surface area (Å²) in [5.41, 5.74) is 5.87. The zero-order valence-electron chi connectivity index (χ0n) is 13.6. The van der Waals surface area contributed by atoms with E-state index in [1.807, 2.05) is 0 Å². The van der Waals surface area contributed by atoms with Crippen molar-refractivity contribution in [2.75, 3.05) is 55.8 Å². The summed E-state index contributed by atoms with van der Waals surface area (Å²) in [4.78, 5) is 19.8. The highest BCUT2D eigenvalue weighted by molar-refractivity contribution is 5.43. The third kappa shape index (κ3) is 3.72. The SMILES string of the molecule is CCN(CC)c1nc(N)nc(N2CCC(N(C)C)CC2)n1. The molecule has 118 valence electrons. The van der Waals surface area contributed by atoms with Gasteiger partial charge >= 0.3 is 0 Å². The molecule has 21 heavy (non-hydrogen) atoms. The molecule has 1 aliphatic rings. The lowest BCUT2D eigenvalue weighted by Gasteiger charge is -2.35. The Hall–Kier alpha value is -1.63. The van der Waals surface area contributed by atoms with Gasteiger partial charge in [0.1, 0.15) is 0 Å². The van der Waals surface area contributed by atoms with Crippen LogP contribution < -0.4 is 15.5 Å². The zero-order chi connectivity index (χ0) is 15.4. The highest BCUT2D eigenvalue weighted by Gasteiger charge is 2.23. The molecule has 0 aliphatic carbocycles. The maximum Gasteiger partial charge on any atom is 0.231 e. The molecule has 0 saturated carbocycles. The quantitative estimate of drug-likeness (QED) is 0.862. The third-order valence-corrected chi connectivity index (χ3v) is 4.15. The first-order chi connectivity index (χ1) is 10.0. The van der Waals surface area contributed by atoms with E-state index in [0.29, 0.717) is 23.9 Å². The number of anilines is 3. The van der Waals surface area contributed by atoms with Gasteiger partial charge in [-0.3, -0.25) is 0 Å². The van der Waals surface area contributed by atoms with Crippen LogP contribution in [0.5, 0.6) is 0 Å². The van der Waals surface area contributed by atoms with E-state index >= 15 is 0 Å². The van der Waals surface area contributed by atoms with E-state index in [1.54, 1.807) is 0 Å². The van der Waals surface area contributed by atoms with E-state index in [0.717, 1.165) is 39.0 Å². The average molecular weight is 293 g/mol. The fraction of sp³-hybridized carbons (Fsp3) is 0.786. The fourth-order valence-electron chi connectivity index (χ4n) is 2.74. The van der Waals surface area contributed by atoms with Crippen LogP contribution in [0.25, 0.3) is 0 Å². The molecule has 0 unspecified atom stereocenters. The van der Waals surface area contributed by atoms with Gasteiger partial charge in [-0.25, -0.2) is 0 Å². The van der Waals surface area contributed by atoms with Crippen LogP contribution in [0.15, 0.2) is 0 Å². The second-order valence-corrected chi connectivity index (χ2v) is 5.65. The van der Waals surface area contributed by atoms with Crippen molar-refractivity contribution in [3.8, 4) is 0 Å². The van der Waals surface area contributed by atoms with Crippen LogP contribution in [0.3, 0.4) is 0 Å². The molecular weight excluding hydrogens is 266 g/mol. The normalized spacial score (nSPS) is 16.5. The van der Waals surface area contributed by atoms with Crippen molar-refractivity contribution in [1.29, 1.82) is 0 Å². The van der Waals surface area contributed by atoms with Gasteiger partial charge in [-0.05, 0) is 40.8 Å². The van der Waals surface area contributed by atoms with Gasteiger partial charge in [0.15, 0.2) is 0 Å². The van der Waals surface area contributed by atoms with E-state index in [-0.39, 0.29) is 0 Å². The minimum atomic E-state index is 0.302. The summed E-state index contributed by atoms with van der Waals surface area (Å²) < 4.78 is 0. The van der Waals surface area contributed by atoms with Crippen LogP contribution in [0.4, 0.5) is 17.8 Å². The van der Waals surface area contributed by atoms with Crippen LogP contribution in [0, 0.1) is 0 Å². The molecule has 1 saturated heterocycles. The molecule has 1 aromatic rings. The summed E-state index contributed by atoms with van der Waals surface area (Å²) in [6, 6.07) is 0.641. The van der Waals surface area contributed by atoms with E-state index in [2.05, 4.69) is 57.6 Å². The summed E-state index contributed by atoms with van der Waals surface area (Å²) in [5, 5.41) is 0. The van der Waals surface area contributed by atoms with E-state index in [9.17, 15) is 0 Å². The van der Waals surface area contributed by atoms with Gasteiger partial charge in [-0.2, -0.15) is 15.0 Å². The molecule has 0 radical (unpaired) electrons. The topological polar surface area (TPSA) is 74.4 Å². The molecule has 7 nitrogen and oxygen atoms in total. The van der Waals surface area contributed by atoms with Crippen LogP contribution in [-0.2, 0) is 0 Å². The number of nitrogen functional groups attached to an aromatic ring is 1. The highest BCUT2D eigenvalue weighted by Crippen LogP contribution is 2.21. The lowest BCUT2D eigenvalue weighted by Crippen LogP contribution is -2.42. The molecule has 7 heteroatoms. The van der Waals surface area contributed by atoms with Gasteiger partial charge < -0.3 is 20.4 Å². The number of nitrogens with two attached hydrogens (primary N) is 1. The third-order valence-electron chi connectivity index (χ3n) is 4.15. The molecule has 0 atom stereocenters. The van der Waals surface area contributed by atoms with E-state index < -0.39 is 0 Å². The largest absolute Gasteiger partial charge is 0.368 e. The Kier molecular flexibility index (Phi) is 5.17. The molecule has 0 amide bonds. The lowest BCUT2D eigenvalue weighted by atomic mass is 10.0. The molecule has 2 N–H and O–H groups in total. The minimum absolute atomic E-state index is 0.302. The Morgan fingerprint density at radius 3 is 2.24 bits per heavy atom. The monoisotopic (exact) mass is 293 g/mol. The van der Waals surface area contributed by atoms with Gasteiger partial charge in [0, 0.05) is 32.2 Å². The summed E-state index contributed by atoms with van der Waals surface area (Å²) in [5.74, 6) is 1.69. The van der Waals surface area contributed by atoms with Gasteiger partial charge in [0.25, 0.3) is 0 Å². The van der Waals surface area contributed by atoms with Gasteiger partial charge in [-0.15, -0.1) is 0 Å². The number of hydrogen-bond donors (Lipinski definition) is 1. The van der Waals surface area contributed by atoms with Crippen molar-refractivity contribution in [2.24, 2.45) is 0 Å². The first-order valence-corrected chi connectivity index (χ1v) is 7.73. The molecule has 1 aliphatic heterocycles. The maximum absolute atomic E-state index is 5.87. The second-order valence-electron chi connectivity index (χ2n) is 5.65. The van der Waals surface area contributed by atoms with Gasteiger partial charge in [-0.1, -0.05) is 0 Å². The first kappa shape index (κ1) is 15.8. The Labute approximate surface area is 127 Å². The summed E-state index contributed by atoms with van der Waals surface area (Å²) >= 11 is 0. The van der Waals surface area contributed by atoms with Crippen LogP contribution in [0.1, 0.15) is 26.7 Å². The molecule has 2 heterocycles. The zero-order valence-corrected chi connectivity index (χ0v) is 13.6. The van der Waals surface area contributed by atoms with Crippen molar-refractivity contribution in [3.63, 3.8) is 0 Å². The molecular formula is C14H27N7. The number of nitrogens with zero attached hydrogens (tertiary/aromatic N) is 6. The van der Waals surface area contributed by atoms with Crippen LogP contribution >= 0.6 is 0 Å². The second kappa shape index (κ2) is 6.89. The van der Waals surface area contributed by atoms with Crippen molar-refractivity contribution < 1.29 is 0 Å². The summed E-state index contributed by atoms with van der Waals surface area (Å²) in [6.07, 6.45) is 2.25. The van der Waals surface area contributed by atoms with Crippen LogP contribution in [-0.4, -0.2) is 66.2 Å². The molecule has 0 spiro atoms.